The van der Waals surface area contributed by atoms with Crippen LogP contribution in [0.3, 0.4) is 0 Å². The first kappa shape index (κ1) is 13.0. The van der Waals surface area contributed by atoms with Gasteiger partial charge in [0.1, 0.15) is 6.04 Å². The molecule has 0 aromatic carbocycles. The first-order chi connectivity index (χ1) is 7.60. The maximum absolute atomic E-state index is 12.0. The Bertz CT molecular complexity index is 265. The summed E-state index contributed by atoms with van der Waals surface area (Å²) < 4.78 is 4.71. The van der Waals surface area contributed by atoms with Crippen LogP contribution in [0, 0.1) is 5.92 Å². The second-order valence-corrected chi connectivity index (χ2v) is 4.49. The molecule has 2 unspecified atom stereocenters. The number of likely N-dealkylation sites (tertiary alicyclic amines) is 1. The summed E-state index contributed by atoms with van der Waals surface area (Å²) in [5.41, 5.74) is 0. The average molecular weight is 227 g/mol. The third-order valence-corrected chi connectivity index (χ3v) is 3.27. The quantitative estimate of drug-likeness (QED) is 0.685. The fourth-order valence-electron chi connectivity index (χ4n) is 2.01. The van der Waals surface area contributed by atoms with Gasteiger partial charge in [0.25, 0.3) is 0 Å². The topological polar surface area (TPSA) is 46.6 Å². The molecule has 4 nitrogen and oxygen atoms in total. The van der Waals surface area contributed by atoms with Gasteiger partial charge in [0.2, 0.25) is 5.91 Å². The predicted molar refractivity (Wildman–Crippen MR) is 60.8 cm³/mol. The lowest BCUT2D eigenvalue weighted by Crippen LogP contribution is -2.41. The van der Waals surface area contributed by atoms with Crippen molar-refractivity contribution in [2.45, 2.75) is 45.6 Å². The zero-order valence-electron chi connectivity index (χ0n) is 10.4. The first-order valence-corrected chi connectivity index (χ1v) is 5.97. The minimum atomic E-state index is -0.346. The molecule has 1 amide bonds. The fourth-order valence-corrected chi connectivity index (χ4v) is 2.01. The van der Waals surface area contributed by atoms with Crippen molar-refractivity contribution in [1.29, 1.82) is 0 Å². The van der Waals surface area contributed by atoms with Crippen molar-refractivity contribution in [1.82, 2.24) is 4.90 Å². The monoisotopic (exact) mass is 227 g/mol. The lowest BCUT2D eigenvalue weighted by molar-refractivity contribution is -0.151. The highest BCUT2D eigenvalue weighted by Crippen LogP contribution is 2.21. The van der Waals surface area contributed by atoms with Crippen molar-refractivity contribution in [3.63, 3.8) is 0 Å². The Balaban J connectivity index is 2.57. The van der Waals surface area contributed by atoms with Gasteiger partial charge in [0, 0.05) is 13.0 Å². The molecule has 1 aliphatic heterocycles. The van der Waals surface area contributed by atoms with E-state index in [1.54, 1.807) is 4.90 Å². The van der Waals surface area contributed by atoms with E-state index in [9.17, 15) is 9.59 Å². The standard InChI is InChI=1S/C12H21NO3/c1-4-9(2)8-11(14)13-7-5-6-10(13)12(15)16-3/h9-10H,4-8H2,1-3H3. The molecule has 16 heavy (non-hydrogen) atoms. The van der Waals surface area contributed by atoms with Crippen molar-refractivity contribution in [2.75, 3.05) is 13.7 Å². The number of methoxy groups -OCH3 is 1. The summed E-state index contributed by atoms with van der Waals surface area (Å²) in [4.78, 5) is 25.1. The summed E-state index contributed by atoms with van der Waals surface area (Å²) in [6.07, 6.45) is 3.15. The molecule has 1 rings (SSSR count). The van der Waals surface area contributed by atoms with Gasteiger partial charge in [0.15, 0.2) is 0 Å². The second-order valence-electron chi connectivity index (χ2n) is 4.49. The minimum absolute atomic E-state index is 0.0854. The molecule has 1 fully saturated rings. The molecule has 0 saturated carbocycles. The summed E-state index contributed by atoms with van der Waals surface area (Å²) in [7, 11) is 1.37. The van der Waals surface area contributed by atoms with Gasteiger partial charge in [0.05, 0.1) is 7.11 Å². The van der Waals surface area contributed by atoms with Crippen LogP contribution < -0.4 is 0 Å². The number of carbonyl (C=O) groups is 2. The van der Waals surface area contributed by atoms with Gasteiger partial charge < -0.3 is 9.64 Å². The third-order valence-electron chi connectivity index (χ3n) is 3.27. The smallest absolute Gasteiger partial charge is 0.328 e. The average Bonchev–Trinajstić information content (AvgIpc) is 2.76. The van der Waals surface area contributed by atoms with Gasteiger partial charge in [-0.2, -0.15) is 0 Å². The molecule has 4 heteroatoms. The summed E-state index contributed by atoms with van der Waals surface area (Å²) >= 11 is 0. The molecular weight excluding hydrogens is 206 g/mol. The van der Waals surface area contributed by atoms with E-state index in [0.717, 1.165) is 19.3 Å². The normalized spacial score (nSPS) is 21.9. The van der Waals surface area contributed by atoms with Crippen LogP contribution in [-0.4, -0.2) is 36.5 Å². The van der Waals surface area contributed by atoms with Gasteiger partial charge >= 0.3 is 5.97 Å². The molecule has 0 aliphatic carbocycles. The van der Waals surface area contributed by atoms with Gasteiger partial charge in [-0.3, -0.25) is 4.79 Å². The Morgan fingerprint density at radius 3 is 2.75 bits per heavy atom. The molecule has 0 spiro atoms. The van der Waals surface area contributed by atoms with Crippen LogP contribution in [0.1, 0.15) is 39.5 Å². The number of rotatable bonds is 4. The summed E-state index contributed by atoms with van der Waals surface area (Å²) in [6, 6.07) is -0.346. The number of hydrogen-bond acceptors (Lipinski definition) is 3. The van der Waals surface area contributed by atoms with Crippen LogP contribution in [-0.2, 0) is 14.3 Å². The van der Waals surface area contributed by atoms with Crippen LogP contribution >= 0.6 is 0 Å². The summed E-state index contributed by atoms with van der Waals surface area (Å²) in [5.74, 6) is 0.184. The van der Waals surface area contributed by atoms with E-state index in [2.05, 4.69) is 13.8 Å². The first-order valence-electron chi connectivity index (χ1n) is 5.97. The molecule has 0 aromatic rings. The highest BCUT2D eigenvalue weighted by atomic mass is 16.5. The Kier molecular flexibility index (Phi) is 4.77. The number of carbonyl (C=O) groups excluding carboxylic acids is 2. The summed E-state index contributed by atoms with van der Waals surface area (Å²) in [5, 5.41) is 0. The van der Waals surface area contributed by atoms with Crippen LogP contribution in [0.15, 0.2) is 0 Å². The maximum atomic E-state index is 12.0. The number of nitrogens with zero attached hydrogens (tertiary/aromatic N) is 1. The highest BCUT2D eigenvalue weighted by molar-refractivity contribution is 5.85. The van der Waals surface area contributed by atoms with E-state index in [1.807, 2.05) is 0 Å². The number of hydrogen-bond donors (Lipinski definition) is 0. The molecule has 2 atom stereocenters. The zero-order valence-corrected chi connectivity index (χ0v) is 10.4. The van der Waals surface area contributed by atoms with Gasteiger partial charge in [-0.15, -0.1) is 0 Å². The molecular formula is C12H21NO3. The van der Waals surface area contributed by atoms with E-state index in [-0.39, 0.29) is 17.9 Å². The van der Waals surface area contributed by atoms with Crippen molar-refractivity contribution >= 4 is 11.9 Å². The lowest BCUT2D eigenvalue weighted by Gasteiger charge is -2.23. The SMILES string of the molecule is CCC(C)CC(=O)N1CCCC1C(=O)OC. The molecule has 0 bridgehead atoms. The van der Waals surface area contributed by atoms with E-state index >= 15 is 0 Å². The molecule has 92 valence electrons. The van der Waals surface area contributed by atoms with E-state index in [0.29, 0.717) is 18.9 Å². The molecule has 0 radical (unpaired) electrons. The number of amides is 1. The lowest BCUT2D eigenvalue weighted by atomic mass is 10.0. The van der Waals surface area contributed by atoms with Crippen LogP contribution in [0.4, 0.5) is 0 Å². The van der Waals surface area contributed by atoms with Crippen LogP contribution in [0.25, 0.3) is 0 Å². The fraction of sp³-hybridized carbons (Fsp3) is 0.833. The van der Waals surface area contributed by atoms with Gasteiger partial charge in [-0.1, -0.05) is 20.3 Å². The molecule has 1 aliphatic rings. The Labute approximate surface area is 96.9 Å². The maximum Gasteiger partial charge on any atom is 0.328 e. The van der Waals surface area contributed by atoms with Crippen molar-refractivity contribution in [2.24, 2.45) is 5.92 Å². The number of esters is 1. The van der Waals surface area contributed by atoms with Crippen LogP contribution in [0.5, 0.6) is 0 Å². The predicted octanol–water partition coefficient (Wildman–Crippen LogP) is 1.59. The Hall–Kier alpha value is -1.06. The molecule has 0 N–H and O–H groups in total. The highest BCUT2D eigenvalue weighted by Gasteiger charge is 2.34. The summed E-state index contributed by atoms with van der Waals surface area (Å²) in [6.45, 7) is 4.82. The number of ether oxygens (including phenoxy) is 1. The largest absolute Gasteiger partial charge is 0.467 e. The molecule has 1 heterocycles. The molecule has 0 aromatic heterocycles. The third kappa shape index (κ3) is 2.97. The Morgan fingerprint density at radius 2 is 2.19 bits per heavy atom. The molecule has 1 saturated heterocycles. The van der Waals surface area contributed by atoms with E-state index < -0.39 is 0 Å². The van der Waals surface area contributed by atoms with Crippen molar-refractivity contribution < 1.29 is 14.3 Å². The Morgan fingerprint density at radius 1 is 1.50 bits per heavy atom. The minimum Gasteiger partial charge on any atom is -0.467 e. The van der Waals surface area contributed by atoms with E-state index in [1.165, 1.54) is 7.11 Å². The van der Waals surface area contributed by atoms with Crippen molar-refractivity contribution in [3.05, 3.63) is 0 Å². The van der Waals surface area contributed by atoms with Crippen molar-refractivity contribution in [3.8, 4) is 0 Å². The van der Waals surface area contributed by atoms with Gasteiger partial charge in [-0.05, 0) is 18.8 Å². The van der Waals surface area contributed by atoms with Gasteiger partial charge in [-0.25, -0.2) is 4.79 Å². The second kappa shape index (κ2) is 5.87. The van der Waals surface area contributed by atoms with Crippen LogP contribution in [0.2, 0.25) is 0 Å². The zero-order chi connectivity index (χ0) is 12.1. The van der Waals surface area contributed by atoms with E-state index in [4.69, 9.17) is 4.74 Å².